The quantitative estimate of drug-likeness (QED) is 0.620. The number of carbonyl (C=O) groups is 1. The minimum absolute atomic E-state index is 0.708. The number of aryl methyl sites for hydroxylation is 1. The van der Waals surface area contributed by atoms with Crippen LogP contribution >= 0.6 is 0 Å². The van der Waals surface area contributed by atoms with Crippen LogP contribution in [0, 0.1) is 6.92 Å². The molecule has 2 aromatic heterocycles. The highest BCUT2D eigenvalue weighted by molar-refractivity contribution is 5.89. The number of pyridine rings is 1. The number of fused-ring (bicyclic) bond motifs is 1. The van der Waals surface area contributed by atoms with Crippen molar-refractivity contribution in [3.05, 3.63) is 66.0 Å². The molecule has 0 radical (unpaired) electrons. The second kappa shape index (κ2) is 4.15. The normalized spacial score (nSPS) is 10.7. The average Bonchev–Trinajstić information content (AvgIpc) is 2.77. The standard InChI is InChI=1S/C16H13NO/c1-12-7-8-14-9-15(13-5-3-2-4-6-13)16(11-18)17(14)10-12/h2-11H,1H3. The van der Waals surface area contributed by atoms with Crippen LogP contribution in [0.5, 0.6) is 0 Å². The Balaban J connectivity index is 2.33. The monoisotopic (exact) mass is 235 g/mol. The van der Waals surface area contributed by atoms with Crippen molar-refractivity contribution in [2.75, 3.05) is 0 Å². The van der Waals surface area contributed by atoms with Crippen LogP contribution in [0.25, 0.3) is 16.6 Å². The van der Waals surface area contributed by atoms with Gasteiger partial charge < -0.3 is 4.40 Å². The van der Waals surface area contributed by atoms with E-state index >= 15 is 0 Å². The Morgan fingerprint density at radius 2 is 1.83 bits per heavy atom. The lowest BCUT2D eigenvalue weighted by molar-refractivity contribution is 0.111. The maximum absolute atomic E-state index is 11.4. The van der Waals surface area contributed by atoms with Crippen LogP contribution in [-0.2, 0) is 0 Å². The maximum Gasteiger partial charge on any atom is 0.167 e. The van der Waals surface area contributed by atoms with E-state index < -0.39 is 0 Å². The van der Waals surface area contributed by atoms with Gasteiger partial charge in [-0.2, -0.15) is 0 Å². The smallest absolute Gasteiger partial charge is 0.167 e. The van der Waals surface area contributed by atoms with Crippen LogP contribution in [0.3, 0.4) is 0 Å². The van der Waals surface area contributed by atoms with Gasteiger partial charge in [0.05, 0.1) is 5.69 Å². The molecule has 0 spiro atoms. The van der Waals surface area contributed by atoms with Gasteiger partial charge in [-0.05, 0) is 30.2 Å². The van der Waals surface area contributed by atoms with Crippen LogP contribution in [0.4, 0.5) is 0 Å². The zero-order valence-electron chi connectivity index (χ0n) is 10.1. The van der Waals surface area contributed by atoms with Gasteiger partial charge in [-0.3, -0.25) is 4.79 Å². The van der Waals surface area contributed by atoms with Crippen molar-refractivity contribution in [2.45, 2.75) is 6.92 Å². The summed E-state index contributed by atoms with van der Waals surface area (Å²) in [6.45, 7) is 2.02. The average molecular weight is 235 g/mol. The molecule has 0 unspecified atom stereocenters. The third-order valence-corrected chi connectivity index (χ3v) is 3.15. The summed E-state index contributed by atoms with van der Waals surface area (Å²) in [5.74, 6) is 0. The topological polar surface area (TPSA) is 21.5 Å². The summed E-state index contributed by atoms with van der Waals surface area (Å²) >= 11 is 0. The maximum atomic E-state index is 11.4. The zero-order valence-corrected chi connectivity index (χ0v) is 10.1. The number of benzene rings is 1. The lowest BCUT2D eigenvalue weighted by Crippen LogP contribution is -1.92. The zero-order chi connectivity index (χ0) is 12.5. The molecule has 0 saturated heterocycles. The molecule has 0 saturated carbocycles. The summed E-state index contributed by atoms with van der Waals surface area (Å²) in [6.07, 6.45) is 2.92. The minimum Gasteiger partial charge on any atom is -0.313 e. The summed E-state index contributed by atoms with van der Waals surface area (Å²) in [7, 11) is 0. The molecule has 1 aromatic carbocycles. The van der Waals surface area contributed by atoms with Crippen LogP contribution < -0.4 is 0 Å². The lowest BCUT2D eigenvalue weighted by atomic mass is 10.1. The molecule has 2 heteroatoms. The van der Waals surface area contributed by atoms with Gasteiger partial charge in [0.15, 0.2) is 6.29 Å². The molecule has 18 heavy (non-hydrogen) atoms. The van der Waals surface area contributed by atoms with E-state index in [-0.39, 0.29) is 0 Å². The molecule has 0 N–H and O–H groups in total. The molecule has 3 aromatic rings. The van der Waals surface area contributed by atoms with Gasteiger partial charge in [-0.1, -0.05) is 36.4 Å². The van der Waals surface area contributed by atoms with E-state index in [9.17, 15) is 4.79 Å². The van der Waals surface area contributed by atoms with E-state index in [2.05, 4.69) is 12.1 Å². The van der Waals surface area contributed by atoms with Gasteiger partial charge in [0.2, 0.25) is 0 Å². The highest BCUT2D eigenvalue weighted by Crippen LogP contribution is 2.26. The third kappa shape index (κ3) is 1.63. The van der Waals surface area contributed by atoms with Crippen LogP contribution in [-0.4, -0.2) is 10.7 Å². The SMILES string of the molecule is Cc1ccc2cc(-c3ccccc3)c(C=O)n2c1. The van der Waals surface area contributed by atoms with Crippen molar-refractivity contribution in [1.29, 1.82) is 0 Å². The summed E-state index contributed by atoms with van der Waals surface area (Å²) in [5.41, 5.74) is 4.94. The fourth-order valence-corrected chi connectivity index (χ4v) is 2.27. The number of carbonyl (C=O) groups excluding carboxylic acids is 1. The molecular weight excluding hydrogens is 222 g/mol. The van der Waals surface area contributed by atoms with Crippen LogP contribution in [0.15, 0.2) is 54.7 Å². The van der Waals surface area contributed by atoms with Crippen molar-refractivity contribution < 1.29 is 4.79 Å². The first-order chi connectivity index (χ1) is 8.79. The van der Waals surface area contributed by atoms with E-state index in [1.807, 2.05) is 53.9 Å². The van der Waals surface area contributed by atoms with Crippen molar-refractivity contribution in [3.63, 3.8) is 0 Å². The number of aldehydes is 1. The van der Waals surface area contributed by atoms with Crippen molar-refractivity contribution >= 4 is 11.8 Å². The van der Waals surface area contributed by atoms with Crippen LogP contribution in [0.1, 0.15) is 16.1 Å². The van der Waals surface area contributed by atoms with E-state index in [0.29, 0.717) is 5.69 Å². The Hall–Kier alpha value is -2.35. The summed E-state index contributed by atoms with van der Waals surface area (Å²) in [4.78, 5) is 11.4. The van der Waals surface area contributed by atoms with Crippen molar-refractivity contribution in [1.82, 2.24) is 4.40 Å². The number of rotatable bonds is 2. The Bertz CT molecular complexity index is 711. The fourth-order valence-electron chi connectivity index (χ4n) is 2.27. The molecule has 0 bridgehead atoms. The Morgan fingerprint density at radius 3 is 2.56 bits per heavy atom. The predicted molar refractivity (Wildman–Crippen MR) is 73.0 cm³/mol. The minimum atomic E-state index is 0.708. The van der Waals surface area contributed by atoms with Gasteiger partial charge in [-0.25, -0.2) is 0 Å². The number of aromatic nitrogens is 1. The Kier molecular flexibility index (Phi) is 2.49. The first kappa shape index (κ1) is 10.8. The number of hydrogen-bond acceptors (Lipinski definition) is 1. The molecule has 0 aliphatic heterocycles. The van der Waals surface area contributed by atoms with Crippen LogP contribution in [0.2, 0.25) is 0 Å². The highest BCUT2D eigenvalue weighted by atomic mass is 16.1. The molecule has 2 nitrogen and oxygen atoms in total. The molecular formula is C16H13NO. The van der Waals surface area contributed by atoms with Crippen molar-refractivity contribution in [3.8, 4) is 11.1 Å². The number of hydrogen-bond donors (Lipinski definition) is 0. The van der Waals surface area contributed by atoms with Gasteiger partial charge >= 0.3 is 0 Å². The summed E-state index contributed by atoms with van der Waals surface area (Å²) < 4.78 is 1.95. The Morgan fingerprint density at radius 1 is 1.06 bits per heavy atom. The molecule has 0 aliphatic rings. The second-order valence-corrected chi connectivity index (χ2v) is 4.43. The summed E-state index contributed by atoms with van der Waals surface area (Å²) in [5, 5.41) is 0. The van der Waals surface area contributed by atoms with Gasteiger partial charge in [-0.15, -0.1) is 0 Å². The molecule has 0 fully saturated rings. The predicted octanol–water partition coefficient (Wildman–Crippen LogP) is 3.73. The Labute approximate surface area is 105 Å². The molecule has 2 heterocycles. The van der Waals surface area contributed by atoms with Gasteiger partial charge in [0.1, 0.15) is 0 Å². The largest absolute Gasteiger partial charge is 0.313 e. The first-order valence-corrected chi connectivity index (χ1v) is 5.92. The number of nitrogens with zero attached hydrogens (tertiary/aromatic N) is 1. The van der Waals surface area contributed by atoms with E-state index in [1.54, 1.807) is 0 Å². The summed E-state index contributed by atoms with van der Waals surface area (Å²) in [6, 6.07) is 16.1. The van der Waals surface area contributed by atoms with Gasteiger partial charge in [0, 0.05) is 17.3 Å². The molecule has 0 amide bonds. The van der Waals surface area contributed by atoms with E-state index in [1.165, 1.54) is 0 Å². The van der Waals surface area contributed by atoms with E-state index in [0.717, 1.165) is 28.5 Å². The molecule has 3 rings (SSSR count). The van der Waals surface area contributed by atoms with E-state index in [4.69, 9.17) is 0 Å². The highest BCUT2D eigenvalue weighted by Gasteiger charge is 2.10. The first-order valence-electron chi connectivity index (χ1n) is 5.92. The third-order valence-electron chi connectivity index (χ3n) is 3.15. The lowest BCUT2D eigenvalue weighted by Gasteiger charge is -2.01. The molecule has 0 atom stereocenters. The van der Waals surface area contributed by atoms with Crippen molar-refractivity contribution in [2.24, 2.45) is 0 Å². The molecule has 0 aliphatic carbocycles. The second-order valence-electron chi connectivity index (χ2n) is 4.43. The van der Waals surface area contributed by atoms with Gasteiger partial charge in [0.25, 0.3) is 0 Å². The fraction of sp³-hybridized carbons (Fsp3) is 0.0625. The molecule has 88 valence electrons.